The molecular formula is C17H14N2O3. The molecule has 0 aliphatic carbocycles. The number of nitrogens with one attached hydrogen (secondary N) is 2. The molecule has 1 aromatic heterocycles. The summed E-state index contributed by atoms with van der Waals surface area (Å²) in [6.07, 6.45) is 0.943. The fourth-order valence-corrected chi connectivity index (χ4v) is 2.84. The van der Waals surface area contributed by atoms with Crippen molar-refractivity contribution in [1.29, 1.82) is 0 Å². The van der Waals surface area contributed by atoms with Crippen LogP contribution in [0.1, 0.15) is 12.8 Å². The van der Waals surface area contributed by atoms with E-state index in [1.165, 1.54) is 0 Å². The number of para-hydroxylation sites is 1. The molecule has 1 atom stereocenters. The summed E-state index contributed by atoms with van der Waals surface area (Å²) in [5.41, 5.74) is 2.22. The molecule has 1 fully saturated rings. The number of hydrogen-bond acceptors (Lipinski definition) is 3. The molecule has 2 N–H and O–H groups in total. The van der Waals surface area contributed by atoms with Crippen LogP contribution in [0.3, 0.4) is 0 Å². The Balaban J connectivity index is 1.63. The lowest BCUT2D eigenvalue weighted by molar-refractivity contribution is -0.122. The molecule has 110 valence electrons. The van der Waals surface area contributed by atoms with Crippen LogP contribution in [-0.2, 0) is 9.59 Å². The number of carbonyl (C=O) groups is 2. The molecule has 1 aliphatic rings. The molecule has 4 rings (SSSR count). The fraction of sp³-hybridized carbons (Fsp3) is 0.176. The number of benzene rings is 2. The molecule has 22 heavy (non-hydrogen) atoms. The van der Waals surface area contributed by atoms with Gasteiger partial charge in [-0.25, -0.2) is 0 Å². The van der Waals surface area contributed by atoms with Gasteiger partial charge in [-0.1, -0.05) is 18.2 Å². The number of furan rings is 1. The molecule has 0 unspecified atom stereocenters. The summed E-state index contributed by atoms with van der Waals surface area (Å²) in [6.45, 7) is 0. The van der Waals surface area contributed by atoms with Gasteiger partial charge >= 0.3 is 0 Å². The van der Waals surface area contributed by atoms with Gasteiger partial charge in [0.05, 0.1) is 0 Å². The van der Waals surface area contributed by atoms with Crippen LogP contribution < -0.4 is 10.6 Å². The van der Waals surface area contributed by atoms with Crippen molar-refractivity contribution >= 4 is 39.4 Å². The highest BCUT2D eigenvalue weighted by Gasteiger charge is 2.27. The standard InChI is InChI=1S/C17H14N2O3/c20-16-8-7-13(19-16)17(21)18-10-5-6-12-11-3-1-2-4-14(11)22-15(12)9-10/h1-6,9,13H,7-8H2,(H,18,21)(H,19,20)/t13-/m0/s1. The van der Waals surface area contributed by atoms with E-state index >= 15 is 0 Å². The zero-order chi connectivity index (χ0) is 15.1. The summed E-state index contributed by atoms with van der Waals surface area (Å²) in [7, 11) is 0. The van der Waals surface area contributed by atoms with Gasteiger partial charge in [-0.2, -0.15) is 0 Å². The number of anilines is 1. The van der Waals surface area contributed by atoms with E-state index in [4.69, 9.17) is 4.42 Å². The van der Waals surface area contributed by atoms with Crippen molar-refractivity contribution in [2.24, 2.45) is 0 Å². The molecule has 2 amide bonds. The maximum absolute atomic E-state index is 12.1. The molecule has 3 aromatic rings. The Morgan fingerprint density at radius 2 is 1.95 bits per heavy atom. The summed E-state index contributed by atoms with van der Waals surface area (Å²) in [4.78, 5) is 23.3. The van der Waals surface area contributed by atoms with E-state index in [1.807, 2.05) is 42.5 Å². The Morgan fingerprint density at radius 3 is 2.77 bits per heavy atom. The maximum Gasteiger partial charge on any atom is 0.246 e. The predicted molar refractivity (Wildman–Crippen MR) is 83.5 cm³/mol. The molecule has 5 nitrogen and oxygen atoms in total. The van der Waals surface area contributed by atoms with E-state index in [2.05, 4.69) is 10.6 Å². The average molecular weight is 294 g/mol. The van der Waals surface area contributed by atoms with Gasteiger partial charge in [0, 0.05) is 28.9 Å². The number of carbonyl (C=O) groups excluding carboxylic acids is 2. The van der Waals surface area contributed by atoms with E-state index < -0.39 is 6.04 Å². The van der Waals surface area contributed by atoms with Gasteiger partial charge < -0.3 is 15.1 Å². The van der Waals surface area contributed by atoms with Crippen LogP contribution in [0.25, 0.3) is 21.9 Å². The minimum absolute atomic E-state index is 0.0760. The Labute approximate surface area is 126 Å². The fourth-order valence-electron chi connectivity index (χ4n) is 2.84. The first-order chi connectivity index (χ1) is 10.7. The summed E-state index contributed by atoms with van der Waals surface area (Å²) < 4.78 is 5.80. The zero-order valence-electron chi connectivity index (χ0n) is 11.8. The Kier molecular flexibility index (Phi) is 2.85. The van der Waals surface area contributed by atoms with Crippen molar-refractivity contribution in [3.8, 4) is 0 Å². The van der Waals surface area contributed by atoms with Crippen molar-refractivity contribution in [3.05, 3.63) is 42.5 Å². The average Bonchev–Trinajstić information content (AvgIpc) is 3.10. The minimum atomic E-state index is -0.445. The number of amides is 2. The van der Waals surface area contributed by atoms with Crippen molar-refractivity contribution in [1.82, 2.24) is 5.32 Å². The van der Waals surface area contributed by atoms with Crippen molar-refractivity contribution in [2.45, 2.75) is 18.9 Å². The van der Waals surface area contributed by atoms with Gasteiger partial charge in [0.25, 0.3) is 0 Å². The van der Waals surface area contributed by atoms with Crippen LogP contribution in [0.4, 0.5) is 5.69 Å². The molecule has 1 aliphatic heterocycles. The van der Waals surface area contributed by atoms with E-state index in [-0.39, 0.29) is 11.8 Å². The SMILES string of the molecule is O=C1CC[C@@H](C(=O)Nc2ccc3c(c2)oc2ccccc23)N1. The van der Waals surface area contributed by atoms with E-state index in [9.17, 15) is 9.59 Å². The third-order valence-corrected chi connectivity index (χ3v) is 3.96. The largest absolute Gasteiger partial charge is 0.456 e. The van der Waals surface area contributed by atoms with E-state index in [1.54, 1.807) is 0 Å². The highest BCUT2D eigenvalue weighted by Crippen LogP contribution is 2.30. The first kappa shape index (κ1) is 12.9. The summed E-state index contributed by atoms with van der Waals surface area (Å²) in [6, 6.07) is 13.0. The predicted octanol–water partition coefficient (Wildman–Crippen LogP) is 2.80. The van der Waals surface area contributed by atoms with Crippen LogP contribution in [0.2, 0.25) is 0 Å². The van der Waals surface area contributed by atoms with Gasteiger partial charge in [-0.3, -0.25) is 9.59 Å². The summed E-state index contributed by atoms with van der Waals surface area (Å²) in [5.74, 6) is -0.269. The van der Waals surface area contributed by atoms with Crippen molar-refractivity contribution in [3.63, 3.8) is 0 Å². The quantitative estimate of drug-likeness (QED) is 0.763. The molecule has 0 saturated carbocycles. The topological polar surface area (TPSA) is 71.3 Å². The normalized spacial score (nSPS) is 17.8. The molecule has 2 aromatic carbocycles. The van der Waals surface area contributed by atoms with Gasteiger partial charge in [0.1, 0.15) is 17.2 Å². The van der Waals surface area contributed by atoms with Crippen molar-refractivity contribution < 1.29 is 14.0 Å². The lowest BCUT2D eigenvalue weighted by Gasteiger charge is -2.10. The van der Waals surface area contributed by atoms with Crippen LogP contribution in [0, 0.1) is 0 Å². The molecule has 0 radical (unpaired) electrons. The molecular weight excluding hydrogens is 280 g/mol. The Morgan fingerprint density at radius 1 is 1.14 bits per heavy atom. The second-order valence-electron chi connectivity index (χ2n) is 5.46. The highest BCUT2D eigenvalue weighted by molar-refractivity contribution is 6.07. The Hall–Kier alpha value is -2.82. The lowest BCUT2D eigenvalue weighted by Crippen LogP contribution is -2.37. The molecule has 2 heterocycles. The van der Waals surface area contributed by atoms with Crippen molar-refractivity contribution in [2.75, 3.05) is 5.32 Å². The second kappa shape index (κ2) is 4.87. The Bertz CT molecular complexity index is 897. The molecule has 0 spiro atoms. The smallest absolute Gasteiger partial charge is 0.246 e. The third kappa shape index (κ3) is 2.11. The molecule has 0 bridgehead atoms. The maximum atomic E-state index is 12.1. The first-order valence-electron chi connectivity index (χ1n) is 7.22. The minimum Gasteiger partial charge on any atom is -0.456 e. The number of hydrogen-bond donors (Lipinski definition) is 2. The first-order valence-corrected chi connectivity index (χ1v) is 7.22. The van der Waals surface area contributed by atoms with Gasteiger partial charge in [-0.05, 0) is 24.6 Å². The van der Waals surface area contributed by atoms with E-state index in [0.717, 1.165) is 21.9 Å². The molecule has 1 saturated heterocycles. The van der Waals surface area contributed by atoms with Crippen LogP contribution >= 0.6 is 0 Å². The van der Waals surface area contributed by atoms with Crippen LogP contribution in [0.5, 0.6) is 0 Å². The molecule has 5 heteroatoms. The lowest BCUT2D eigenvalue weighted by atomic mass is 10.1. The van der Waals surface area contributed by atoms with E-state index in [0.29, 0.717) is 18.5 Å². The zero-order valence-corrected chi connectivity index (χ0v) is 11.8. The van der Waals surface area contributed by atoms with Gasteiger partial charge in [0.2, 0.25) is 11.8 Å². The number of fused-ring (bicyclic) bond motifs is 3. The third-order valence-electron chi connectivity index (χ3n) is 3.96. The summed E-state index contributed by atoms with van der Waals surface area (Å²) in [5, 5.41) is 7.56. The van der Waals surface area contributed by atoms with Gasteiger partial charge in [-0.15, -0.1) is 0 Å². The monoisotopic (exact) mass is 294 g/mol. The summed E-state index contributed by atoms with van der Waals surface area (Å²) >= 11 is 0. The van der Waals surface area contributed by atoms with Crippen LogP contribution in [0.15, 0.2) is 46.9 Å². The highest BCUT2D eigenvalue weighted by atomic mass is 16.3. The second-order valence-corrected chi connectivity index (χ2v) is 5.46. The van der Waals surface area contributed by atoms with Crippen LogP contribution in [-0.4, -0.2) is 17.9 Å². The van der Waals surface area contributed by atoms with Gasteiger partial charge in [0.15, 0.2) is 0 Å². The number of rotatable bonds is 2.